The molecule has 21 heavy (non-hydrogen) atoms. The minimum absolute atomic E-state index is 0.163. The van der Waals surface area contributed by atoms with Gasteiger partial charge in [0.25, 0.3) is 5.56 Å². The molecule has 0 spiro atoms. The quantitative estimate of drug-likeness (QED) is 0.883. The standard InChI is InChI=1S/C15H17N3O3/c19-14-8-13(16-9-11-4-2-1-3-5-11)17-15(20)18(14)12-6-7-21-10-12/h1-5,8,12,16H,6-7,9-10H2,(H,17,20). The summed E-state index contributed by atoms with van der Waals surface area (Å²) in [6.07, 6.45) is 0.694. The fourth-order valence-electron chi connectivity index (χ4n) is 2.46. The first-order chi connectivity index (χ1) is 10.2. The molecule has 1 aliphatic heterocycles. The zero-order valence-corrected chi connectivity index (χ0v) is 11.5. The lowest BCUT2D eigenvalue weighted by Gasteiger charge is -2.12. The maximum atomic E-state index is 12.1. The number of nitrogens with zero attached hydrogens (tertiary/aromatic N) is 1. The predicted molar refractivity (Wildman–Crippen MR) is 79.6 cm³/mol. The highest BCUT2D eigenvalue weighted by Gasteiger charge is 2.21. The van der Waals surface area contributed by atoms with Crippen LogP contribution >= 0.6 is 0 Å². The number of H-pyrrole nitrogens is 1. The molecule has 2 aromatic rings. The van der Waals surface area contributed by atoms with E-state index in [0.29, 0.717) is 32.0 Å². The van der Waals surface area contributed by atoms with Crippen molar-refractivity contribution in [3.8, 4) is 0 Å². The first-order valence-corrected chi connectivity index (χ1v) is 6.95. The lowest BCUT2D eigenvalue weighted by atomic mass is 10.2. The Kier molecular flexibility index (Phi) is 3.87. The summed E-state index contributed by atoms with van der Waals surface area (Å²) in [6, 6.07) is 11.0. The third-order valence-corrected chi connectivity index (χ3v) is 3.56. The Morgan fingerprint density at radius 2 is 2.10 bits per heavy atom. The summed E-state index contributed by atoms with van der Waals surface area (Å²) in [7, 11) is 0. The van der Waals surface area contributed by atoms with Gasteiger partial charge in [-0.1, -0.05) is 30.3 Å². The van der Waals surface area contributed by atoms with E-state index in [-0.39, 0.29) is 11.6 Å². The van der Waals surface area contributed by atoms with Crippen LogP contribution in [-0.4, -0.2) is 22.8 Å². The molecule has 1 aliphatic rings. The third kappa shape index (κ3) is 3.05. The van der Waals surface area contributed by atoms with Crippen molar-refractivity contribution < 1.29 is 4.74 Å². The third-order valence-electron chi connectivity index (χ3n) is 3.56. The molecule has 0 bridgehead atoms. The lowest BCUT2D eigenvalue weighted by molar-refractivity contribution is 0.185. The molecule has 6 heteroatoms. The Bertz CT molecular complexity index is 684. The molecule has 0 aliphatic carbocycles. The first-order valence-electron chi connectivity index (χ1n) is 6.95. The average Bonchev–Trinajstić information content (AvgIpc) is 2.99. The molecule has 6 nitrogen and oxygen atoms in total. The van der Waals surface area contributed by atoms with Gasteiger partial charge in [0.05, 0.1) is 12.6 Å². The van der Waals surface area contributed by atoms with E-state index < -0.39 is 5.69 Å². The molecule has 1 aromatic heterocycles. The van der Waals surface area contributed by atoms with Crippen LogP contribution in [0.5, 0.6) is 0 Å². The van der Waals surface area contributed by atoms with Crippen LogP contribution in [0.3, 0.4) is 0 Å². The summed E-state index contributed by atoms with van der Waals surface area (Å²) in [5.41, 5.74) is 0.380. The topological polar surface area (TPSA) is 76.1 Å². The largest absolute Gasteiger partial charge is 0.379 e. The monoisotopic (exact) mass is 287 g/mol. The van der Waals surface area contributed by atoms with Crippen LogP contribution in [0.4, 0.5) is 5.82 Å². The van der Waals surface area contributed by atoms with E-state index in [1.807, 2.05) is 30.3 Å². The minimum atomic E-state index is -0.395. The van der Waals surface area contributed by atoms with Crippen LogP contribution in [0, 0.1) is 0 Å². The molecule has 1 saturated heterocycles. The first kappa shape index (κ1) is 13.6. The van der Waals surface area contributed by atoms with Gasteiger partial charge in [-0.25, -0.2) is 4.79 Å². The Labute approximate surface area is 121 Å². The van der Waals surface area contributed by atoms with Crippen molar-refractivity contribution in [2.45, 2.75) is 19.0 Å². The number of rotatable bonds is 4. The normalized spacial score (nSPS) is 17.8. The highest BCUT2D eigenvalue weighted by atomic mass is 16.5. The van der Waals surface area contributed by atoms with Crippen LogP contribution in [0.2, 0.25) is 0 Å². The summed E-state index contributed by atoms with van der Waals surface area (Å²) in [5.74, 6) is 0.434. The van der Waals surface area contributed by atoms with E-state index in [4.69, 9.17) is 4.74 Å². The second-order valence-corrected chi connectivity index (χ2v) is 5.05. The van der Waals surface area contributed by atoms with Crippen LogP contribution < -0.4 is 16.6 Å². The second kappa shape index (κ2) is 5.97. The molecule has 0 saturated carbocycles. The van der Waals surface area contributed by atoms with E-state index in [0.717, 1.165) is 5.56 Å². The molecule has 2 heterocycles. The average molecular weight is 287 g/mol. The number of ether oxygens (including phenoxy) is 1. The maximum absolute atomic E-state index is 12.1. The van der Waals surface area contributed by atoms with Gasteiger partial charge in [0, 0.05) is 19.2 Å². The van der Waals surface area contributed by atoms with Crippen molar-refractivity contribution in [1.29, 1.82) is 0 Å². The van der Waals surface area contributed by atoms with Gasteiger partial charge < -0.3 is 10.1 Å². The van der Waals surface area contributed by atoms with Gasteiger partial charge in [0.15, 0.2) is 0 Å². The number of anilines is 1. The molecule has 1 unspecified atom stereocenters. The van der Waals surface area contributed by atoms with Crippen LogP contribution in [0.25, 0.3) is 0 Å². The lowest BCUT2D eigenvalue weighted by Crippen LogP contribution is -2.38. The molecule has 1 atom stereocenters. The van der Waals surface area contributed by atoms with Crippen molar-refractivity contribution in [3.63, 3.8) is 0 Å². The van der Waals surface area contributed by atoms with E-state index >= 15 is 0 Å². The molecular formula is C15H17N3O3. The summed E-state index contributed by atoms with van der Waals surface area (Å²) in [6.45, 7) is 1.55. The number of nitrogens with one attached hydrogen (secondary N) is 2. The van der Waals surface area contributed by atoms with Crippen molar-refractivity contribution in [1.82, 2.24) is 9.55 Å². The number of benzene rings is 1. The van der Waals surface area contributed by atoms with Gasteiger partial charge in [-0.05, 0) is 12.0 Å². The Morgan fingerprint density at radius 3 is 2.76 bits per heavy atom. The molecule has 3 rings (SSSR count). The Morgan fingerprint density at radius 1 is 1.29 bits per heavy atom. The predicted octanol–water partition coefficient (Wildman–Crippen LogP) is 1.11. The van der Waals surface area contributed by atoms with E-state index in [1.54, 1.807) is 0 Å². The van der Waals surface area contributed by atoms with E-state index in [2.05, 4.69) is 10.3 Å². The number of aromatic amines is 1. The van der Waals surface area contributed by atoms with Crippen LogP contribution in [-0.2, 0) is 11.3 Å². The molecule has 2 N–H and O–H groups in total. The summed E-state index contributed by atoms with van der Waals surface area (Å²) < 4.78 is 6.47. The highest BCUT2D eigenvalue weighted by molar-refractivity contribution is 5.33. The van der Waals surface area contributed by atoms with Crippen LogP contribution in [0.1, 0.15) is 18.0 Å². The summed E-state index contributed by atoms with van der Waals surface area (Å²) in [5, 5.41) is 3.06. The van der Waals surface area contributed by atoms with Gasteiger partial charge in [0.1, 0.15) is 5.82 Å². The SMILES string of the molecule is O=c1cc(NCc2ccccc2)[nH]c(=O)n1C1CCOC1. The van der Waals surface area contributed by atoms with E-state index in [1.165, 1.54) is 10.6 Å². The minimum Gasteiger partial charge on any atom is -0.379 e. The van der Waals surface area contributed by atoms with Gasteiger partial charge in [0.2, 0.25) is 0 Å². The van der Waals surface area contributed by atoms with E-state index in [9.17, 15) is 9.59 Å². The van der Waals surface area contributed by atoms with Crippen molar-refractivity contribution in [2.75, 3.05) is 18.5 Å². The van der Waals surface area contributed by atoms with Gasteiger partial charge in [-0.15, -0.1) is 0 Å². The number of hydrogen-bond donors (Lipinski definition) is 2. The molecule has 0 radical (unpaired) electrons. The smallest absolute Gasteiger partial charge is 0.330 e. The second-order valence-electron chi connectivity index (χ2n) is 5.05. The number of hydrogen-bond acceptors (Lipinski definition) is 4. The van der Waals surface area contributed by atoms with Crippen molar-refractivity contribution >= 4 is 5.82 Å². The van der Waals surface area contributed by atoms with Gasteiger partial charge >= 0.3 is 5.69 Å². The molecule has 1 aromatic carbocycles. The zero-order valence-electron chi connectivity index (χ0n) is 11.5. The van der Waals surface area contributed by atoms with Gasteiger partial charge in [-0.3, -0.25) is 14.3 Å². The molecule has 0 amide bonds. The number of aromatic nitrogens is 2. The highest BCUT2D eigenvalue weighted by Crippen LogP contribution is 2.14. The Hall–Kier alpha value is -2.34. The van der Waals surface area contributed by atoms with Crippen molar-refractivity contribution in [2.24, 2.45) is 0 Å². The molecule has 1 fully saturated rings. The van der Waals surface area contributed by atoms with Gasteiger partial charge in [-0.2, -0.15) is 0 Å². The van der Waals surface area contributed by atoms with Crippen LogP contribution in [0.15, 0.2) is 46.0 Å². The summed E-state index contributed by atoms with van der Waals surface area (Å²) >= 11 is 0. The molecular weight excluding hydrogens is 270 g/mol. The Balaban J connectivity index is 1.78. The molecule has 110 valence electrons. The summed E-state index contributed by atoms with van der Waals surface area (Å²) in [4.78, 5) is 26.9. The fraction of sp³-hybridized carbons (Fsp3) is 0.333. The van der Waals surface area contributed by atoms with Crippen molar-refractivity contribution in [3.05, 3.63) is 62.8 Å². The fourth-order valence-corrected chi connectivity index (χ4v) is 2.46. The maximum Gasteiger partial charge on any atom is 0.330 e. The zero-order chi connectivity index (χ0) is 14.7.